The largest absolute Gasteiger partial charge is 0.396 e. The van der Waals surface area contributed by atoms with E-state index in [1.54, 1.807) is 0 Å². The molecular formula is C19H43N3O3S. The number of hydrogen-bond acceptors (Lipinski definition) is 6. The molecule has 0 saturated heterocycles. The lowest BCUT2D eigenvalue weighted by Gasteiger charge is -2.26. The predicted octanol–water partition coefficient (Wildman–Crippen LogP) is 5.42. The summed E-state index contributed by atoms with van der Waals surface area (Å²) in [4.78, 5) is 0. The highest BCUT2D eigenvalue weighted by Crippen LogP contribution is 2.27. The summed E-state index contributed by atoms with van der Waals surface area (Å²) in [7, 11) is 0. The van der Waals surface area contributed by atoms with Crippen LogP contribution in [0.3, 0.4) is 0 Å². The normalized spacial score (nSPS) is 10.4. The Morgan fingerprint density at radius 2 is 1.65 bits per heavy atom. The molecule has 7 heteroatoms. The molecule has 0 atom stereocenters. The second-order valence-electron chi connectivity index (χ2n) is 7.25. The van der Waals surface area contributed by atoms with Crippen LogP contribution in [0.1, 0.15) is 80.8 Å². The SMILES string of the molecule is CC.CC(C)CC(C)(C)Cn1cc(CSC(C)C)nn1.CCCO.OO. The van der Waals surface area contributed by atoms with Gasteiger partial charge in [-0.3, -0.25) is 15.2 Å². The molecule has 0 bridgehead atoms. The number of aromatic nitrogens is 3. The molecule has 0 radical (unpaired) electrons. The van der Waals surface area contributed by atoms with E-state index in [9.17, 15) is 0 Å². The third-order valence-corrected chi connectivity index (χ3v) is 4.05. The monoisotopic (exact) mass is 393 g/mol. The van der Waals surface area contributed by atoms with E-state index >= 15 is 0 Å². The van der Waals surface area contributed by atoms with Crippen LogP contribution >= 0.6 is 11.8 Å². The minimum Gasteiger partial charge on any atom is -0.396 e. The van der Waals surface area contributed by atoms with Crippen LogP contribution in [-0.4, -0.2) is 42.5 Å². The predicted molar refractivity (Wildman–Crippen MR) is 114 cm³/mol. The van der Waals surface area contributed by atoms with Gasteiger partial charge in [0, 0.05) is 25.1 Å². The van der Waals surface area contributed by atoms with Gasteiger partial charge in [0.1, 0.15) is 0 Å². The van der Waals surface area contributed by atoms with Gasteiger partial charge in [0.25, 0.3) is 0 Å². The topological polar surface area (TPSA) is 91.4 Å². The van der Waals surface area contributed by atoms with E-state index in [0.717, 1.165) is 30.3 Å². The maximum absolute atomic E-state index is 7.88. The number of thioether (sulfide) groups is 1. The molecule has 0 aromatic carbocycles. The molecule has 1 heterocycles. The van der Waals surface area contributed by atoms with Crippen molar-refractivity contribution in [2.75, 3.05) is 6.61 Å². The highest BCUT2D eigenvalue weighted by molar-refractivity contribution is 7.99. The lowest BCUT2D eigenvalue weighted by Crippen LogP contribution is -2.22. The molecule has 3 N–H and O–H groups in total. The van der Waals surface area contributed by atoms with Gasteiger partial charge < -0.3 is 5.11 Å². The van der Waals surface area contributed by atoms with Crippen molar-refractivity contribution in [3.05, 3.63) is 11.9 Å². The highest BCUT2D eigenvalue weighted by Gasteiger charge is 2.20. The quantitative estimate of drug-likeness (QED) is 0.403. The molecule has 6 nitrogen and oxygen atoms in total. The van der Waals surface area contributed by atoms with Crippen molar-refractivity contribution in [3.8, 4) is 0 Å². The van der Waals surface area contributed by atoms with Crippen molar-refractivity contribution < 1.29 is 15.6 Å². The second kappa shape index (κ2) is 19.1. The van der Waals surface area contributed by atoms with Gasteiger partial charge in [-0.25, -0.2) is 0 Å². The zero-order valence-electron chi connectivity index (χ0n) is 18.4. The van der Waals surface area contributed by atoms with E-state index < -0.39 is 0 Å². The van der Waals surface area contributed by atoms with Crippen LogP contribution in [-0.2, 0) is 12.3 Å². The number of rotatable bonds is 8. The number of aliphatic hydroxyl groups is 1. The van der Waals surface area contributed by atoms with Crippen LogP contribution in [0.4, 0.5) is 0 Å². The summed E-state index contributed by atoms with van der Waals surface area (Å²) < 4.78 is 2.00. The average Bonchev–Trinajstić information content (AvgIpc) is 3.02. The number of hydrogen-bond donors (Lipinski definition) is 3. The highest BCUT2D eigenvalue weighted by atomic mass is 32.2. The molecule has 0 spiro atoms. The third kappa shape index (κ3) is 19.7. The van der Waals surface area contributed by atoms with Crippen LogP contribution < -0.4 is 0 Å². The summed E-state index contributed by atoms with van der Waals surface area (Å²) in [5, 5.41) is 29.0. The van der Waals surface area contributed by atoms with Gasteiger partial charge in [0.2, 0.25) is 0 Å². The van der Waals surface area contributed by atoms with Crippen molar-refractivity contribution in [1.82, 2.24) is 15.0 Å². The van der Waals surface area contributed by atoms with E-state index in [4.69, 9.17) is 15.6 Å². The minimum atomic E-state index is 0.282. The molecule has 0 unspecified atom stereocenters. The van der Waals surface area contributed by atoms with E-state index in [0.29, 0.717) is 11.9 Å². The van der Waals surface area contributed by atoms with Gasteiger partial charge >= 0.3 is 0 Å². The van der Waals surface area contributed by atoms with Crippen molar-refractivity contribution in [1.29, 1.82) is 0 Å². The molecule has 1 rings (SSSR count). The van der Waals surface area contributed by atoms with Crippen LogP contribution in [0.15, 0.2) is 6.20 Å². The standard InChI is InChI=1S/C14H27N3S.C3H8O.C2H6.H2O2/c1-11(2)7-14(5,6)10-17-8-13(15-16-17)9-18-12(3)4;1-2-3-4;2*1-2/h8,11-12H,7,9-10H2,1-6H3;4H,2-3H2,1H3;1-2H3;1-2H. The summed E-state index contributed by atoms with van der Waals surface area (Å²) in [6.45, 7) is 20.8. The Labute approximate surface area is 165 Å². The second-order valence-corrected chi connectivity index (χ2v) is 8.82. The molecule has 0 aliphatic rings. The molecule has 0 fully saturated rings. The fourth-order valence-electron chi connectivity index (χ4n) is 2.34. The average molecular weight is 394 g/mol. The van der Waals surface area contributed by atoms with Crippen molar-refractivity contribution in [2.45, 2.75) is 92.7 Å². The molecule has 26 heavy (non-hydrogen) atoms. The number of nitrogens with zero attached hydrogens (tertiary/aromatic N) is 3. The molecule has 0 aliphatic carbocycles. The smallest absolute Gasteiger partial charge is 0.0926 e. The van der Waals surface area contributed by atoms with Gasteiger partial charge in [-0.15, -0.1) is 5.10 Å². The van der Waals surface area contributed by atoms with E-state index in [-0.39, 0.29) is 5.41 Å². The summed E-state index contributed by atoms with van der Waals surface area (Å²) in [5.74, 6) is 1.68. The first-order chi connectivity index (χ1) is 12.2. The maximum Gasteiger partial charge on any atom is 0.0926 e. The molecule has 1 aromatic heterocycles. The first kappa shape index (κ1) is 30.1. The van der Waals surface area contributed by atoms with Gasteiger partial charge in [-0.1, -0.05) is 67.5 Å². The van der Waals surface area contributed by atoms with Gasteiger partial charge in [-0.05, 0) is 29.4 Å². The Balaban J connectivity index is -0.000000568. The van der Waals surface area contributed by atoms with E-state index in [2.05, 4.69) is 58.1 Å². The zero-order chi connectivity index (χ0) is 21.2. The summed E-state index contributed by atoms with van der Waals surface area (Å²) in [5.41, 5.74) is 1.37. The zero-order valence-corrected chi connectivity index (χ0v) is 19.2. The molecule has 0 saturated carbocycles. The van der Waals surface area contributed by atoms with Gasteiger partial charge in [0.05, 0.1) is 5.69 Å². The van der Waals surface area contributed by atoms with Crippen molar-refractivity contribution >= 4 is 11.8 Å². The summed E-state index contributed by atoms with van der Waals surface area (Å²) in [6.07, 6.45) is 4.18. The molecule has 0 amide bonds. The first-order valence-corrected chi connectivity index (χ1v) is 10.6. The Hall–Kier alpha value is -0.630. The van der Waals surface area contributed by atoms with E-state index in [1.165, 1.54) is 6.42 Å². The first-order valence-electron chi connectivity index (χ1n) is 9.51. The van der Waals surface area contributed by atoms with Crippen molar-refractivity contribution in [2.24, 2.45) is 11.3 Å². The Kier molecular flexibility index (Phi) is 22.2. The van der Waals surface area contributed by atoms with Crippen LogP contribution in [0.2, 0.25) is 0 Å². The molecular weight excluding hydrogens is 350 g/mol. The molecule has 158 valence electrons. The Bertz CT molecular complexity index is 395. The lowest BCUT2D eigenvalue weighted by atomic mass is 9.84. The number of aliphatic hydroxyl groups excluding tert-OH is 1. The Morgan fingerprint density at radius 1 is 1.15 bits per heavy atom. The summed E-state index contributed by atoms with van der Waals surface area (Å²) in [6, 6.07) is 0. The summed E-state index contributed by atoms with van der Waals surface area (Å²) >= 11 is 1.91. The van der Waals surface area contributed by atoms with Crippen LogP contribution in [0, 0.1) is 11.3 Å². The fourth-order valence-corrected chi connectivity index (χ4v) is 2.98. The third-order valence-electron chi connectivity index (χ3n) is 2.93. The molecule has 0 aliphatic heterocycles. The van der Waals surface area contributed by atoms with Crippen LogP contribution in [0.25, 0.3) is 0 Å². The van der Waals surface area contributed by atoms with E-state index in [1.807, 2.05) is 37.2 Å². The lowest BCUT2D eigenvalue weighted by molar-refractivity contribution is -0.176. The molecule has 1 aromatic rings. The van der Waals surface area contributed by atoms with Crippen molar-refractivity contribution in [3.63, 3.8) is 0 Å². The Morgan fingerprint density at radius 3 is 2.04 bits per heavy atom. The van der Waals surface area contributed by atoms with Gasteiger partial charge in [0.15, 0.2) is 0 Å². The van der Waals surface area contributed by atoms with Crippen LogP contribution in [0.5, 0.6) is 0 Å². The van der Waals surface area contributed by atoms with Gasteiger partial charge in [-0.2, -0.15) is 11.8 Å². The fraction of sp³-hybridized carbons (Fsp3) is 0.895. The maximum atomic E-state index is 7.88. The minimum absolute atomic E-state index is 0.282.